The summed E-state index contributed by atoms with van der Waals surface area (Å²) in [6, 6.07) is 12.8. The number of fused-ring (bicyclic) bond motifs is 1. The molecule has 10 nitrogen and oxygen atoms in total. The average Bonchev–Trinajstić information content (AvgIpc) is 3.11. The van der Waals surface area contributed by atoms with Crippen LogP contribution < -0.4 is 20.9 Å². The largest absolute Gasteiger partial charge is 0.378 e. The molecule has 2 fully saturated rings. The van der Waals surface area contributed by atoms with Crippen LogP contribution in [0.25, 0.3) is 0 Å². The maximum Gasteiger partial charge on any atom is 0.322 e. The highest BCUT2D eigenvalue weighted by Crippen LogP contribution is 2.31. The monoisotopic (exact) mass is 484 g/mol. The second-order valence-corrected chi connectivity index (χ2v) is 10.7. The smallest absolute Gasteiger partial charge is 0.322 e. The number of carbonyl (C=O) groups excluding carboxylic acids is 3. The zero-order valence-corrected chi connectivity index (χ0v) is 19.1. The van der Waals surface area contributed by atoms with Gasteiger partial charge in [0.1, 0.15) is 0 Å². The molecule has 1 spiro atoms. The average molecular weight is 485 g/mol. The third-order valence-electron chi connectivity index (χ3n) is 6.51. The zero-order chi connectivity index (χ0) is 23.9. The molecule has 5 rings (SSSR count). The van der Waals surface area contributed by atoms with Crippen LogP contribution in [0.5, 0.6) is 0 Å². The molecular formula is C23H24N4O6S. The van der Waals surface area contributed by atoms with Gasteiger partial charge in [-0.1, -0.05) is 24.3 Å². The normalized spacial score (nSPS) is 25.4. The summed E-state index contributed by atoms with van der Waals surface area (Å²) < 4.78 is 30.1. The maximum atomic E-state index is 12.9. The standard InChI is InChI=1S/C23H24N4O6S/c28-20(24-19-9-11-33-14-23(19)21(29)25-22(30)26-23)16-7-5-15(6-8-16)13-27-10-12-34(31,32)18-4-2-1-3-17(18)27/h1-8,19H,9-14H2,(H,24,28)(H2,25,26,29,30). The van der Waals surface area contributed by atoms with Crippen LogP contribution in [0, 0.1) is 0 Å². The van der Waals surface area contributed by atoms with Crippen molar-refractivity contribution in [2.75, 3.05) is 30.4 Å². The Hall–Kier alpha value is -3.44. The Bertz CT molecular complexity index is 1260. The van der Waals surface area contributed by atoms with Gasteiger partial charge < -0.3 is 20.3 Å². The van der Waals surface area contributed by atoms with Gasteiger partial charge in [-0.25, -0.2) is 13.2 Å². The molecule has 2 unspecified atom stereocenters. The number of hydrogen-bond acceptors (Lipinski definition) is 7. The van der Waals surface area contributed by atoms with Gasteiger partial charge in [0.25, 0.3) is 11.8 Å². The van der Waals surface area contributed by atoms with Gasteiger partial charge in [0, 0.05) is 25.3 Å². The van der Waals surface area contributed by atoms with Crippen LogP contribution in [0.15, 0.2) is 53.4 Å². The first-order valence-electron chi connectivity index (χ1n) is 11.0. The molecule has 178 valence electrons. The molecular weight excluding hydrogens is 460 g/mol. The highest BCUT2D eigenvalue weighted by atomic mass is 32.2. The van der Waals surface area contributed by atoms with Crippen molar-refractivity contribution in [2.45, 2.75) is 29.4 Å². The molecule has 3 N–H and O–H groups in total. The Labute approximate surface area is 196 Å². The minimum Gasteiger partial charge on any atom is -0.378 e. The lowest BCUT2D eigenvalue weighted by Gasteiger charge is -2.38. The minimum absolute atomic E-state index is 0.0124. The number of benzene rings is 2. The molecule has 3 heterocycles. The number of hydrogen-bond donors (Lipinski definition) is 3. The zero-order valence-electron chi connectivity index (χ0n) is 18.2. The predicted molar refractivity (Wildman–Crippen MR) is 122 cm³/mol. The molecule has 34 heavy (non-hydrogen) atoms. The molecule has 0 aromatic heterocycles. The number of ether oxygens (including phenoxy) is 1. The van der Waals surface area contributed by atoms with E-state index >= 15 is 0 Å². The van der Waals surface area contributed by atoms with E-state index in [2.05, 4.69) is 16.0 Å². The summed E-state index contributed by atoms with van der Waals surface area (Å²) >= 11 is 0. The molecule has 4 amide bonds. The summed E-state index contributed by atoms with van der Waals surface area (Å²) in [4.78, 5) is 39.3. The fourth-order valence-corrected chi connectivity index (χ4v) is 6.14. The van der Waals surface area contributed by atoms with Crippen molar-refractivity contribution < 1.29 is 27.5 Å². The van der Waals surface area contributed by atoms with E-state index in [0.29, 0.717) is 42.3 Å². The summed E-state index contributed by atoms with van der Waals surface area (Å²) in [5, 5.41) is 7.69. The van der Waals surface area contributed by atoms with Crippen molar-refractivity contribution in [3.63, 3.8) is 0 Å². The first-order valence-corrected chi connectivity index (χ1v) is 12.6. The molecule has 3 aliphatic heterocycles. The quantitative estimate of drug-likeness (QED) is 0.541. The van der Waals surface area contributed by atoms with Crippen LogP contribution >= 0.6 is 0 Å². The van der Waals surface area contributed by atoms with Gasteiger partial charge in [-0.3, -0.25) is 14.9 Å². The molecule has 3 aliphatic rings. The molecule has 2 saturated heterocycles. The van der Waals surface area contributed by atoms with Crippen LogP contribution in [0.1, 0.15) is 22.3 Å². The number of anilines is 1. The van der Waals surface area contributed by atoms with Gasteiger partial charge in [-0.2, -0.15) is 0 Å². The van der Waals surface area contributed by atoms with Gasteiger partial charge in [0.15, 0.2) is 15.4 Å². The molecule has 0 saturated carbocycles. The predicted octanol–water partition coefficient (Wildman–Crippen LogP) is 0.577. The molecule has 2 aromatic rings. The SMILES string of the molecule is O=C1NC(=O)C2(COCCC2NC(=O)c2ccc(CN3CCS(=O)(=O)c4ccccc43)cc2)N1. The molecule has 0 aliphatic carbocycles. The highest BCUT2D eigenvalue weighted by Gasteiger charge is 2.54. The van der Waals surface area contributed by atoms with Crippen molar-refractivity contribution in [3.05, 3.63) is 59.7 Å². The Kier molecular flexibility index (Phi) is 5.53. The summed E-state index contributed by atoms with van der Waals surface area (Å²) in [7, 11) is -3.27. The van der Waals surface area contributed by atoms with Crippen LogP contribution in [0.2, 0.25) is 0 Å². The Morgan fingerprint density at radius 1 is 1.15 bits per heavy atom. The van der Waals surface area contributed by atoms with E-state index in [1.165, 1.54) is 0 Å². The molecule has 2 atom stereocenters. The van der Waals surface area contributed by atoms with Gasteiger partial charge in [-0.15, -0.1) is 0 Å². The molecule has 11 heteroatoms. The Morgan fingerprint density at radius 3 is 2.65 bits per heavy atom. The van der Waals surface area contributed by atoms with E-state index in [4.69, 9.17) is 4.74 Å². The second-order valence-electron chi connectivity index (χ2n) is 8.65. The highest BCUT2D eigenvalue weighted by molar-refractivity contribution is 7.91. The summed E-state index contributed by atoms with van der Waals surface area (Å²) in [5.74, 6) is -0.815. The number of nitrogens with one attached hydrogen (secondary N) is 3. The minimum atomic E-state index is -3.27. The lowest BCUT2D eigenvalue weighted by molar-refractivity contribution is -0.130. The topological polar surface area (TPSA) is 134 Å². The number of imide groups is 1. The van der Waals surface area contributed by atoms with E-state index in [-0.39, 0.29) is 18.3 Å². The maximum absolute atomic E-state index is 12.9. The number of rotatable bonds is 4. The van der Waals surface area contributed by atoms with E-state index in [0.717, 1.165) is 5.56 Å². The van der Waals surface area contributed by atoms with Crippen molar-refractivity contribution >= 4 is 33.4 Å². The van der Waals surface area contributed by atoms with E-state index < -0.39 is 33.4 Å². The summed E-state index contributed by atoms with van der Waals surface area (Å²) in [6.45, 7) is 1.24. The lowest BCUT2D eigenvalue weighted by atomic mass is 9.86. The Morgan fingerprint density at radius 2 is 1.91 bits per heavy atom. The van der Waals surface area contributed by atoms with Crippen molar-refractivity contribution in [2.24, 2.45) is 0 Å². The second kappa shape index (κ2) is 8.41. The molecule has 0 bridgehead atoms. The van der Waals surface area contributed by atoms with E-state index in [1.807, 2.05) is 23.1 Å². The number of urea groups is 1. The van der Waals surface area contributed by atoms with Gasteiger partial charge >= 0.3 is 6.03 Å². The number of para-hydroxylation sites is 1. The lowest BCUT2D eigenvalue weighted by Crippen LogP contribution is -2.67. The van der Waals surface area contributed by atoms with Crippen molar-refractivity contribution in [1.82, 2.24) is 16.0 Å². The van der Waals surface area contributed by atoms with Crippen molar-refractivity contribution in [3.8, 4) is 0 Å². The third-order valence-corrected chi connectivity index (χ3v) is 8.25. The molecule has 0 radical (unpaired) electrons. The third kappa shape index (κ3) is 3.90. The van der Waals surface area contributed by atoms with Crippen LogP contribution in [0.4, 0.5) is 10.5 Å². The summed E-state index contributed by atoms with van der Waals surface area (Å²) in [6.07, 6.45) is 0.384. The van der Waals surface area contributed by atoms with Gasteiger partial charge in [0.05, 0.1) is 29.0 Å². The van der Waals surface area contributed by atoms with Crippen LogP contribution in [-0.4, -0.2) is 63.4 Å². The first kappa shape index (κ1) is 22.4. The Balaban J connectivity index is 1.29. The van der Waals surface area contributed by atoms with Gasteiger partial charge in [0.2, 0.25) is 0 Å². The first-order chi connectivity index (χ1) is 16.3. The van der Waals surface area contributed by atoms with E-state index in [1.54, 1.807) is 30.3 Å². The van der Waals surface area contributed by atoms with Crippen molar-refractivity contribution in [1.29, 1.82) is 0 Å². The van der Waals surface area contributed by atoms with Crippen LogP contribution in [-0.2, 0) is 25.9 Å². The van der Waals surface area contributed by atoms with E-state index in [9.17, 15) is 22.8 Å². The molecule has 2 aromatic carbocycles. The fourth-order valence-electron chi connectivity index (χ4n) is 4.66. The number of nitrogens with zero attached hydrogens (tertiary/aromatic N) is 1. The fraction of sp³-hybridized carbons (Fsp3) is 0.348. The number of amides is 4. The summed E-state index contributed by atoms with van der Waals surface area (Å²) in [5.41, 5.74) is 0.706. The number of sulfone groups is 1. The van der Waals surface area contributed by atoms with Gasteiger partial charge in [-0.05, 0) is 36.2 Å². The number of carbonyl (C=O) groups is 3. The van der Waals surface area contributed by atoms with Crippen LogP contribution in [0.3, 0.4) is 0 Å².